The molecular formula is C29H35ClN2O5. The normalized spacial score (nSPS) is 25.3. The molecule has 8 heteroatoms. The molecule has 2 fully saturated rings. The van der Waals surface area contributed by atoms with Crippen molar-refractivity contribution < 1.29 is 24.2 Å². The van der Waals surface area contributed by atoms with E-state index >= 15 is 0 Å². The van der Waals surface area contributed by atoms with Gasteiger partial charge in [0.25, 0.3) is 5.91 Å². The second kappa shape index (κ2) is 10.8. The van der Waals surface area contributed by atoms with E-state index in [2.05, 4.69) is 5.32 Å². The molecule has 2 aromatic carbocycles. The van der Waals surface area contributed by atoms with Gasteiger partial charge in [0, 0.05) is 35.1 Å². The average molecular weight is 527 g/mol. The highest BCUT2D eigenvalue weighted by atomic mass is 35.5. The van der Waals surface area contributed by atoms with E-state index in [4.69, 9.17) is 16.3 Å². The topological polar surface area (TPSA) is 95.9 Å². The molecule has 1 aliphatic heterocycles. The van der Waals surface area contributed by atoms with Gasteiger partial charge in [0.05, 0.1) is 24.2 Å². The van der Waals surface area contributed by atoms with Crippen molar-refractivity contribution in [2.75, 3.05) is 20.2 Å². The maximum atomic E-state index is 13.8. The number of rotatable bonds is 5. The second-order valence-electron chi connectivity index (χ2n) is 10.8. The summed E-state index contributed by atoms with van der Waals surface area (Å²) in [5.41, 5.74) is -0.219. The van der Waals surface area contributed by atoms with Crippen molar-refractivity contribution in [3.8, 4) is 0 Å². The summed E-state index contributed by atoms with van der Waals surface area (Å²) in [5, 5.41) is 15.3. The molecule has 198 valence electrons. The van der Waals surface area contributed by atoms with E-state index in [0.717, 1.165) is 18.4 Å². The number of amides is 2. The molecule has 0 radical (unpaired) electrons. The molecule has 0 spiro atoms. The van der Waals surface area contributed by atoms with Crippen LogP contribution >= 0.6 is 11.6 Å². The maximum absolute atomic E-state index is 13.8. The number of methoxy groups -OCH3 is 1. The molecule has 37 heavy (non-hydrogen) atoms. The van der Waals surface area contributed by atoms with Crippen molar-refractivity contribution in [2.24, 2.45) is 11.3 Å². The van der Waals surface area contributed by atoms with Gasteiger partial charge in [-0.1, -0.05) is 56.5 Å². The van der Waals surface area contributed by atoms with E-state index in [-0.39, 0.29) is 23.8 Å². The number of ether oxygens (including phenoxy) is 1. The van der Waals surface area contributed by atoms with Gasteiger partial charge in [0.15, 0.2) is 0 Å². The van der Waals surface area contributed by atoms with Crippen LogP contribution in [0.5, 0.6) is 0 Å². The molecule has 1 heterocycles. The lowest BCUT2D eigenvalue weighted by Crippen LogP contribution is -2.59. The largest absolute Gasteiger partial charge is 0.465 e. The molecule has 4 rings (SSSR count). The number of halogens is 1. The molecule has 1 saturated heterocycles. The third-order valence-corrected chi connectivity index (χ3v) is 8.28. The highest BCUT2D eigenvalue weighted by Gasteiger charge is 2.50. The minimum atomic E-state index is -1.08. The van der Waals surface area contributed by atoms with Gasteiger partial charge in [-0.2, -0.15) is 0 Å². The van der Waals surface area contributed by atoms with Crippen LogP contribution in [0.25, 0.3) is 0 Å². The van der Waals surface area contributed by atoms with Crippen molar-refractivity contribution in [3.63, 3.8) is 0 Å². The average Bonchev–Trinajstić information content (AvgIpc) is 2.90. The molecular weight excluding hydrogens is 492 g/mol. The van der Waals surface area contributed by atoms with Crippen molar-refractivity contribution >= 4 is 29.4 Å². The third kappa shape index (κ3) is 5.53. The molecule has 2 aliphatic rings. The first kappa shape index (κ1) is 27.1. The summed E-state index contributed by atoms with van der Waals surface area (Å²) in [6.45, 7) is 4.80. The predicted molar refractivity (Wildman–Crippen MR) is 141 cm³/mol. The summed E-state index contributed by atoms with van der Waals surface area (Å²) in [5.74, 6) is -1.14. The van der Waals surface area contributed by atoms with Crippen LogP contribution in [0.3, 0.4) is 0 Å². The molecule has 2 aromatic rings. The van der Waals surface area contributed by atoms with E-state index in [1.165, 1.54) is 13.2 Å². The number of piperidine rings is 1. The van der Waals surface area contributed by atoms with Crippen LogP contribution in [0.4, 0.5) is 0 Å². The number of hydrogen-bond donors (Lipinski definition) is 2. The van der Waals surface area contributed by atoms with E-state index in [1.54, 1.807) is 30.3 Å². The molecule has 1 saturated carbocycles. The number of benzene rings is 2. The van der Waals surface area contributed by atoms with Gasteiger partial charge in [-0.25, -0.2) is 4.79 Å². The lowest BCUT2D eigenvalue weighted by atomic mass is 9.66. The summed E-state index contributed by atoms with van der Waals surface area (Å²) in [6.07, 6.45) is 3.68. The lowest BCUT2D eigenvalue weighted by Gasteiger charge is -2.51. The summed E-state index contributed by atoms with van der Waals surface area (Å²) in [7, 11) is 1.30. The van der Waals surface area contributed by atoms with Crippen LogP contribution in [0.15, 0.2) is 48.5 Å². The Morgan fingerprint density at radius 3 is 2.41 bits per heavy atom. The third-order valence-electron chi connectivity index (χ3n) is 8.03. The van der Waals surface area contributed by atoms with Gasteiger partial charge in [-0.15, -0.1) is 0 Å². The number of nitrogens with one attached hydrogen (secondary N) is 1. The molecule has 0 aromatic heterocycles. The van der Waals surface area contributed by atoms with Crippen molar-refractivity contribution in [2.45, 2.75) is 57.6 Å². The Hall–Kier alpha value is -2.90. The van der Waals surface area contributed by atoms with Gasteiger partial charge in [0.1, 0.15) is 0 Å². The zero-order chi connectivity index (χ0) is 26.8. The van der Waals surface area contributed by atoms with Crippen LogP contribution in [-0.4, -0.2) is 54.0 Å². The molecule has 0 unspecified atom stereocenters. The molecule has 2 amide bonds. The fourth-order valence-corrected chi connectivity index (χ4v) is 5.89. The Labute approximate surface area is 223 Å². The number of hydrogen-bond acceptors (Lipinski definition) is 5. The number of esters is 1. The first-order valence-electron chi connectivity index (χ1n) is 12.8. The molecule has 0 bridgehead atoms. The highest BCUT2D eigenvalue weighted by Crippen LogP contribution is 2.46. The Bertz CT molecular complexity index is 1170. The number of carbonyl (C=O) groups excluding carboxylic acids is 3. The molecule has 2 N–H and O–H groups in total. The van der Waals surface area contributed by atoms with Crippen LogP contribution in [0.2, 0.25) is 5.02 Å². The zero-order valence-electron chi connectivity index (χ0n) is 21.6. The maximum Gasteiger partial charge on any atom is 0.337 e. The van der Waals surface area contributed by atoms with Gasteiger partial charge >= 0.3 is 5.97 Å². The number of carbonyl (C=O) groups is 3. The number of aliphatic hydroxyl groups is 1. The Kier molecular flexibility index (Phi) is 7.95. The minimum Gasteiger partial charge on any atom is -0.465 e. The van der Waals surface area contributed by atoms with Crippen LogP contribution in [0.1, 0.15) is 72.2 Å². The molecule has 3 atom stereocenters. The first-order valence-corrected chi connectivity index (χ1v) is 13.2. The quantitative estimate of drug-likeness (QED) is 0.557. The Balaban J connectivity index is 1.47. The number of likely N-dealkylation sites (tertiary alicyclic amines) is 1. The van der Waals surface area contributed by atoms with E-state index in [9.17, 15) is 19.5 Å². The summed E-state index contributed by atoms with van der Waals surface area (Å²) < 4.78 is 4.76. The lowest BCUT2D eigenvalue weighted by molar-refractivity contribution is -0.158. The van der Waals surface area contributed by atoms with Crippen LogP contribution in [0, 0.1) is 11.3 Å². The number of nitrogens with zero attached hydrogens (tertiary/aromatic N) is 1. The van der Waals surface area contributed by atoms with Crippen molar-refractivity contribution in [1.29, 1.82) is 0 Å². The smallest absolute Gasteiger partial charge is 0.337 e. The van der Waals surface area contributed by atoms with E-state index in [0.29, 0.717) is 48.5 Å². The van der Waals surface area contributed by atoms with Gasteiger partial charge in [-0.05, 0) is 55.2 Å². The van der Waals surface area contributed by atoms with Gasteiger partial charge < -0.3 is 20.1 Å². The zero-order valence-corrected chi connectivity index (χ0v) is 22.4. The molecule has 7 nitrogen and oxygen atoms in total. The Morgan fingerprint density at radius 2 is 1.73 bits per heavy atom. The summed E-state index contributed by atoms with van der Waals surface area (Å²) in [6, 6.07) is 13.3. The van der Waals surface area contributed by atoms with E-state index < -0.39 is 17.0 Å². The highest BCUT2D eigenvalue weighted by molar-refractivity contribution is 6.30. The standard InChI is InChI=1S/C29H35ClN2O5/c1-28(2)18-32(16-15-29(28,36)21-11-13-22(30)14-12-21)26(34)23-9-4-5-10-24(23)31-25(33)19-7-6-8-20(17-19)27(35)37-3/h6-8,11-14,17,23-24,36H,4-5,9-10,15-16,18H2,1-3H3,(H,31,33)/t23-,24+,29-/m0/s1. The first-order chi connectivity index (χ1) is 17.6. The fraction of sp³-hybridized carbons (Fsp3) is 0.483. The van der Waals surface area contributed by atoms with Crippen LogP contribution < -0.4 is 5.32 Å². The van der Waals surface area contributed by atoms with Gasteiger partial charge in [0.2, 0.25) is 5.91 Å². The van der Waals surface area contributed by atoms with Crippen molar-refractivity contribution in [3.05, 3.63) is 70.2 Å². The fourth-order valence-electron chi connectivity index (χ4n) is 5.76. The van der Waals surface area contributed by atoms with E-state index in [1.807, 2.05) is 30.9 Å². The summed E-state index contributed by atoms with van der Waals surface area (Å²) >= 11 is 6.05. The Morgan fingerprint density at radius 1 is 1.05 bits per heavy atom. The SMILES string of the molecule is COC(=O)c1cccc(C(=O)N[C@@H]2CCCC[C@@H]2C(=O)N2CC[C@](O)(c3ccc(Cl)cc3)C(C)(C)C2)c1. The molecule has 1 aliphatic carbocycles. The monoisotopic (exact) mass is 526 g/mol. The summed E-state index contributed by atoms with van der Waals surface area (Å²) in [4.78, 5) is 40.5. The predicted octanol–water partition coefficient (Wildman–Crippen LogP) is 4.56. The minimum absolute atomic E-state index is 0.0135. The van der Waals surface area contributed by atoms with Gasteiger partial charge in [-0.3, -0.25) is 9.59 Å². The van der Waals surface area contributed by atoms with Crippen molar-refractivity contribution in [1.82, 2.24) is 10.2 Å². The second-order valence-corrected chi connectivity index (χ2v) is 11.2. The van der Waals surface area contributed by atoms with Crippen LogP contribution in [-0.2, 0) is 15.1 Å².